The van der Waals surface area contributed by atoms with E-state index in [1.807, 2.05) is 29.0 Å². The van der Waals surface area contributed by atoms with E-state index in [9.17, 15) is 5.11 Å². The molecule has 0 saturated heterocycles. The fourth-order valence-electron chi connectivity index (χ4n) is 3.46. The molecule has 2 aromatic rings. The van der Waals surface area contributed by atoms with Crippen molar-refractivity contribution in [3.05, 3.63) is 66.3 Å². The first-order valence-corrected chi connectivity index (χ1v) is 10.6. The van der Waals surface area contributed by atoms with Crippen molar-refractivity contribution < 1.29 is 5.11 Å². The van der Waals surface area contributed by atoms with E-state index in [1.165, 1.54) is 56.9 Å². The average molecular weight is 369 g/mol. The second kappa shape index (κ2) is 12.5. The molecule has 1 unspecified atom stereocenters. The summed E-state index contributed by atoms with van der Waals surface area (Å²) in [6.45, 7) is 7.10. The molecule has 0 aliphatic rings. The Balaban J connectivity index is 1.69. The van der Waals surface area contributed by atoms with Gasteiger partial charge in [-0.3, -0.25) is 0 Å². The molecule has 1 atom stereocenters. The van der Waals surface area contributed by atoms with Crippen molar-refractivity contribution in [2.75, 3.05) is 0 Å². The van der Waals surface area contributed by atoms with Crippen LogP contribution in [0.15, 0.2) is 54.9 Å². The van der Waals surface area contributed by atoms with Crippen molar-refractivity contribution in [3.8, 4) is 0 Å². The third-order valence-corrected chi connectivity index (χ3v) is 5.18. The van der Waals surface area contributed by atoms with Crippen LogP contribution in [0.4, 0.5) is 0 Å². The normalized spacial score (nSPS) is 12.2. The Kier molecular flexibility index (Phi) is 9.93. The van der Waals surface area contributed by atoms with Gasteiger partial charge in [-0.2, -0.15) is 0 Å². The van der Waals surface area contributed by atoms with Gasteiger partial charge >= 0.3 is 0 Å². The maximum atomic E-state index is 10.7. The van der Waals surface area contributed by atoms with Gasteiger partial charge in [0, 0.05) is 18.9 Å². The number of hydrogen-bond donors (Lipinski definition) is 1. The largest absolute Gasteiger partial charge is 0.381 e. The number of aliphatic hydroxyl groups is 1. The Morgan fingerprint density at radius 3 is 2.30 bits per heavy atom. The van der Waals surface area contributed by atoms with Crippen LogP contribution >= 0.6 is 0 Å². The van der Waals surface area contributed by atoms with Crippen molar-refractivity contribution in [3.63, 3.8) is 0 Å². The van der Waals surface area contributed by atoms with Gasteiger partial charge in [-0.05, 0) is 24.0 Å². The molecule has 0 spiro atoms. The van der Waals surface area contributed by atoms with E-state index in [4.69, 9.17) is 0 Å². The molecule has 0 aliphatic carbocycles. The molecule has 1 aromatic carbocycles. The summed E-state index contributed by atoms with van der Waals surface area (Å²) >= 11 is 0. The van der Waals surface area contributed by atoms with Crippen LogP contribution in [0.2, 0.25) is 0 Å². The first kappa shape index (κ1) is 21.4. The fourth-order valence-corrected chi connectivity index (χ4v) is 3.46. The van der Waals surface area contributed by atoms with Gasteiger partial charge in [0.15, 0.2) is 0 Å². The van der Waals surface area contributed by atoms with Gasteiger partial charge in [0.25, 0.3) is 0 Å². The van der Waals surface area contributed by atoms with E-state index in [0.717, 1.165) is 25.0 Å². The van der Waals surface area contributed by atoms with Crippen LogP contribution in [0.3, 0.4) is 0 Å². The van der Waals surface area contributed by atoms with Gasteiger partial charge in [0.05, 0.1) is 0 Å². The summed E-state index contributed by atoms with van der Waals surface area (Å²) in [5.41, 5.74) is 2.08. The highest BCUT2D eigenvalue weighted by atomic mass is 16.3. The van der Waals surface area contributed by atoms with E-state index in [0.29, 0.717) is 5.82 Å². The molecule has 2 rings (SSSR count). The molecule has 0 fully saturated rings. The zero-order valence-corrected chi connectivity index (χ0v) is 16.9. The molecule has 0 bridgehead atoms. The number of hydrogen-bond acceptors (Lipinski definition) is 2. The Morgan fingerprint density at radius 2 is 1.63 bits per heavy atom. The monoisotopic (exact) mass is 368 g/mol. The summed E-state index contributed by atoms with van der Waals surface area (Å²) < 4.78 is 2.02. The second-order valence-corrected chi connectivity index (χ2v) is 7.54. The molecule has 3 nitrogen and oxygen atoms in total. The lowest BCUT2D eigenvalue weighted by molar-refractivity contribution is 0.196. The zero-order valence-electron chi connectivity index (χ0n) is 16.9. The predicted octanol–water partition coefficient (Wildman–Crippen LogP) is 6.44. The fraction of sp³-hybridized carbons (Fsp3) is 0.542. The summed E-state index contributed by atoms with van der Waals surface area (Å²) in [6, 6.07) is 10.3. The van der Waals surface area contributed by atoms with Crippen LogP contribution in [0.5, 0.6) is 0 Å². The van der Waals surface area contributed by atoms with Crippen LogP contribution < -0.4 is 0 Å². The van der Waals surface area contributed by atoms with E-state index >= 15 is 0 Å². The minimum atomic E-state index is -0.683. The van der Waals surface area contributed by atoms with E-state index in [-0.39, 0.29) is 0 Å². The van der Waals surface area contributed by atoms with Gasteiger partial charge < -0.3 is 9.67 Å². The Hall–Kier alpha value is -1.87. The first-order valence-electron chi connectivity index (χ1n) is 10.6. The van der Waals surface area contributed by atoms with Crippen molar-refractivity contribution >= 4 is 0 Å². The van der Waals surface area contributed by atoms with Gasteiger partial charge in [-0.1, -0.05) is 95.2 Å². The molecular formula is C24H36N2O. The second-order valence-electron chi connectivity index (χ2n) is 7.54. The summed E-state index contributed by atoms with van der Waals surface area (Å²) in [4.78, 5) is 4.38. The van der Waals surface area contributed by atoms with Crippen molar-refractivity contribution in [1.82, 2.24) is 9.55 Å². The number of aliphatic hydroxyl groups excluding tert-OH is 1. The van der Waals surface area contributed by atoms with Crippen LogP contribution in [0.25, 0.3) is 0 Å². The van der Waals surface area contributed by atoms with Crippen molar-refractivity contribution in [1.29, 1.82) is 0 Å². The molecule has 1 aromatic heterocycles. The van der Waals surface area contributed by atoms with Crippen LogP contribution in [-0.4, -0.2) is 14.7 Å². The minimum absolute atomic E-state index is 0.683. The predicted molar refractivity (Wildman–Crippen MR) is 114 cm³/mol. The SMILES string of the molecule is C=C(CCCCCCCCCCC)C(O)c1nccn1Cc1ccccc1. The molecule has 0 radical (unpaired) electrons. The number of imidazole rings is 1. The first-order chi connectivity index (χ1) is 13.2. The lowest BCUT2D eigenvalue weighted by Crippen LogP contribution is -2.11. The van der Waals surface area contributed by atoms with E-state index in [1.54, 1.807) is 6.20 Å². The zero-order chi connectivity index (χ0) is 19.3. The molecule has 0 saturated carbocycles. The standard InChI is InChI=1S/C24H36N2O/c1-3-4-5-6-7-8-9-10-12-15-21(2)23(27)24-25-18-19-26(24)20-22-16-13-11-14-17-22/h11,13-14,16-19,23,27H,2-10,12,15,20H2,1H3. The van der Waals surface area contributed by atoms with E-state index in [2.05, 4.69) is 30.6 Å². The Labute approximate surface area is 165 Å². The third-order valence-electron chi connectivity index (χ3n) is 5.18. The van der Waals surface area contributed by atoms with Crippen LogP contribution in [-0.2, 0) is 6.54 Å². The van der Waals surface area contributed by atoms with Crippen LogP contribution in [0.1, 0.15) is 88.6 Å². The minimum Gasteiger partial charge on any atom is -0.381 e. The van der Waals surface area contributed by atoms with Gasteiger partial charge in [0.2, 0.25) is 0 Å². The smallest absolute Gasteiger partial charge is 0.142 e. The summed E-state index contributed by atoms with van der Waals surface area (Å²) in [5.74, 6) is 0.694. The molecule has 148 valence electrons. The lowest BCUT2D eigenvalue weighted by Gasteiger charge is -2.16. The molecule has 0 amide bonds. The molecule has 3 heteroatoms. The highest BCUT2D eigenvalue weighted by Crippen LogP contribution is 2.24. The molecule has 1 N–H and O–H groups in total. The summed E-state index contributed by atoms with van der Waals surface area (Å²) in [6.07, 6.45) is 15.6. The molecule has 1 heterocycles. The molecule has 27 heavy (non-hydrogen) atoms. The topological polar surface area (TPSA) is 38.1 Å². The van der Waals surface area contributed by atoms with Crippen molar-refractivity contribution in [2.24, 2.45) is 0 Å². The molecular weight excluding hydrogens is 332 g/mol. The number of aromatic nitrogens is 2. The van der Waals surface area contributed by atoms with Crippen LogP contribution in [0, 0.1) is 0 Å². The van der Waals surface area contributed by atoms with Gasteiger partial charge in [-0.15, -0.1) is 0 Å². The maximum Gasteiger partial charge on any atom is 0.142 e. The van der Waals surface area contributed by atoms with Gasteiger partial charge in [0.1, 0.15) is 11.9 Å². The van der Waals surface area contributed by atoms with Gasteiger partial charge in [-0.25, -0.2) is 4.98 Å². The number of benzene rings is 1. The summed E-state index contributed by atoms with van der Waals surface area (Å²) in [5, 5.41) is 10.7. The average Bonchev–Trinajstić information content (AvgIpc) is 3.14. The highest BCUT2D eigenvalue weighted by Gasteiger charge is 2.17. The Morgan fingerprint density at radius 1 is 1.00 bits per heavy atom. The third kappa shape index (κ3) is 7.72. The summed E-state index contributed by atoms with van der Waals surface area (Å²) in [7, 11) is 0. The maximum absolute atomic E-state index is 10.7. The Bertz CT molecular complexity index is 647. The van der Waals surface area contributed by atoms with E-state index < -0.39 is 6.10 Å². The molecule has 0 aliphatic heterocycles. The quantitative estimate of drug-likeness (QED) is 0.308. The number of nitrogens with zero attached hydrogens (tertiary/aromatic N) is 2. The van der Waals surface area contributed by atoms with Crippen molar-refractivity contribution in [2.45, 2.75) is 83.8 Å². The number of rotatable bonds is 14. The number of unbranched alkanes of at least 4 members (excludes halogenated alkanes) is 8. The lowest BCUT2D eigenvalue weighted by atomic mass is 10.0. The highest BCUT2D eigenvalue weighted by molar-refractivity contribution is 5.18.